The molecule has 0 aromatic heterocycles. The number of fused-ring (bicyclic) bond motifs is 1. The summed E-state index contributed by atoms with van der Waals surface area (Å²) in [5.74, 6) is 0.710. The van der Waals surface area contributed by atoms with Crippen LogP contribution in [0.2, 0.25) is 0 Å². The molecule has 0 fully saturated rings. The highest BCUT2D eigenvalue weighted by molar-refractivity contribution is 6.08. The van der Waals surface area contributed by atoms with Crippen LogP contribution in [0.15, 0.2) is 48.5 Å². The van der Waals surface area contributed by atoms with Crippen LogP contribution in [0.4, 0.5) is 5.69 Å². The fraction of sp³-hybridized carbons (Fsp3) is 0.105. The highest BCUT2D eigenvalue weighted by atomic mass is 16.5. The van der Waals surface area contributed by atoms with Gasteiger partial charge in [-0.15, -0.1) is 0 Å². The number of allylic oxidation sites excluding steroid dienone is 1. The van der Waals surface area contributed by atoms with Crippen molar-refractivity contribution in [2.75, 3.05) is 18.5 Å². The summed E-state index contributed by atoms with van der Waals surface area (Å²) in [5, 5.41) is 11.1. The van der Waals surface area contributed by atoms with E-state index in [4.69, 9.17) is 14.7 Å². The quantitative estimate of drug-likeness (QED) is 0.671. The van der Waals surface area contributed by atoms with E-state index in [1.165, 1.54) is 6.08 Å². The van der Waals surface area contributed by atoms with Gasteiger partial charge >= 0.3 is 0 Å². The summed E-state index contributed by atoms with van der Waals surface area (Å²) in [4.78, 5) is 23.6. The number of benzene rings is 2. The maximum Gasteiger partial charge on any atom is 0.262 e. The number of nitrogens with zero attached hydrogens (tertiary/aromatic N) is 1. The highest BCUT2D eigenvalue weighted by Gasteiger charge is 2.17. The van der Waals surface area contributed by atoms with Crippen molar-refractivity contribution in [2.45, 2.75) is 0 Å². The zero-order chi connectivity index (χ0) is 17.6. The van der Waals surface area contributed by atoms with Crippen molar-refractivity contribution < 1.29 is 19.1 Å². The molecule has 6 nitrogen and oxygen atoms in total. The molecule has 0 saturated heterocycles. The van der Waals surface area contributed by atoms with Gasteiger partial charge in [0.05, 0.1) is 5.69 Å². The second-order valence-corrected chi connectivity index (χ2v) is 5.26. The molecular weight excluding hydrogens is 320 g/mol. The largest absolute Gasteiger partial charge is 0.482 e. The number of hydrogen-bond acceptors (Lipinski definition) is 5. The minimum Gasteiger partial charge on any atom is -0.482 e. The molecule has 0 radical (unpaired) electrons. The molecule has 124 valence electrons. The van der Waals surface area contributed by atoms with Gasteiger partial charge in [-0.3, -0.25) is 9.59 Å². The van der Waals surface area contributed by atoms with Crippen LogP contribution in [-0.4, -0.2) is 24.9 Å². The van der Waals surface area contributed by atoms with Crippen molar-refractivity contribution >= 4 is 23.5 Å². The average molecular weight is 334 g/mol. The number of nitriles is 1. The molecule has 25 heavy (non-hydrogen) atoms. The van der Waals surface area contributed by atoms with Crippen LogP contribution in [-0.2, 0) is 4.79 Å². The Morgan fingerprint density at radius 1 is 1.28 bits per heavy atom. The molecule has 0 atom stereocenters. The van der Waals surface area contributed by atoms with Gasteiger partial charge in [-0.1, -0.05) is 18.2 Å². The number of rotatable bonds is 5. The monoisotopic (exact) mass is 334 g/mol. The fourth-order valence-electron chi connectivity index (χ4n) is 2.30. The molecule has 0 spiro atoms. The molecule has 0 bridgehead atoms. The average Bonchev–Trinajstić information content (AvgIpc) is 2.64. The smallest absolute Gasteiger partial charge is 0.262 e. The molecule has 0 saturated carbocycles. The lowest BCUT2D eigenvalue weighted by molar-refractivity contribution is -0.118. The first kappa shape index (κ1) is 16.3. The van der Waals surface area contributed by atoms with Crippen LogP contribution in [0.3, 0.4) is 0 Å². The van der Waals surface area contributed by atoms with E-state index in [1.54, 1.807) is 48.5 Å². The molecule has 2 aromatic carbocycles. The van der Waals surface area contributed by atoms with E-state index < -0.39 is 0 Å². The first-order valence-corrected chi connectivity index (χ1v) is 7.54. The summed E-state index contributed by atoms with van der Waals surface area (Å²) < 4.78 is 10.4. The Morgan fingerprint density at radius 2 is 2.08 bits per heavy atom. The minimum absolute atomic E-state index is 0.00769. The number of carbonyl (C=O) groups is 2. The lowest BCUT2D eigenvalue weighted by atomic mass is 10.1. The maximum absolute atomic E-state index is 12.3. The third-order valence-electron chi connectivity index (χ3n) is 3.51. The minimum atomic E-state index is -0.244. The Bertz CT molecular complexity index is 879. The molecule has 1 aliphatic rings. The third kappa shape index (κ3) is 4.03. The first-order valence-electron chi connectivity index (χ1n) is 7.54. The highest BCUT2D eigenvalue weighted by Crippen LogP contribution is 2.28. The Kier molecular flexibility index (Phi) is 4.77. The standard InChI is InChI=1S/C19H14N2O4/c20-9-10-24-15-5-1-13(2-6-15)3-7-17(22)14-4-8-18-16(11-14)21-19(23)12-25-18/h1-8,11H,10,12H2,(H,21,23)/b7-3+. The second-order valence-electron chi connectivity index (χ2n) is 5.26. The maximum atomic E-state index is 12.3. The summed E-state index contributed by atoms with van der Waals surface area (Å²) in [7, 11) is 0. The topological polar surface area (TPSA) is 88.4 Å². The number of nitrogens with one attached hydrogen (secondary N) is 1. The van der Waals surface area contributed by atoms with E-state index >= 15 is 0 Å². The lowest BCUT2D eigenvalue weighted by Gasteiger charge is -2.17. The van der Waals surface area contributed by atoms with Gasteiger partial charge in [-0.05, 0) is 42.0 Å². The summed E-state index contributed by atoms with van der Waals surface area (Å²) in [6.07, 6.45) is 3.14. The summed E-state index contributed by atoms with van der Waals surface area (Å²) in [6, 6.07) is 13.8. The van der Waals surface area contributed by atoms with Gasteiger partial charge in [-0.2, -0.15) is 5.26 Å². The van der Waals surface area contributed by atoms with Crippen molar-refractivity contribution in [3.8, 4) is 17.6 Å². The molecule has 1 amide bonds. The second kappa shape index (κ2) is 7.32. The zero-order valence-electron chi connectivity index (χ0n) is 13.2. The molecule has 1 aliphatic heterocycles. The van der Waals surface area contributed by atoms with E-state index in [0.717, 1.165) is 5.56 Å². The molecule has 3 rings (SSSR count). The van der Waals surface area contributed by atoms with E-state index in [-0.39, 0.29) is 24.9 Å². The van der Waals surface area contributed by atoms with Crippen LogP contribution in [0.5, 0.6) is 11.5 Å². The van der Waals surface area contributed by atoms with Gasteiger partial charge in [0.15, 0.2) is 19.0 Å². The SMILES string of the molecule is N#CCOc1ccc(/C=C/C(=O)c2ccc3c(c2)NC(=O)CO3)cc1. The summed E-state index contributed by atoms with van der Waals surface area (Å²) in [6.45, 7) is -0.0273. The van der Waals surface area contributed by atoms with Gasteiger partial charge in [0.2, 0.25) is 0 Å². The Labute approximate surface area is 144 Å². The van der Waals surface area contributed by atoms with Crippen LogP contribution in [0.1, 0.15) is 15.9 Å². The van der Waals surface area contributed by atoms with Crippen molar-refractivity contribution in [3.63, 3.8) is 0 Å². The molecular formula is C19H14N2O4. The molecule has 1 heterocycles. The number of hydrogen-bond donors (Lipinski definition) is 1. The third-order valence-corrected chi connectivity index (χ3v) is 3.51. The number of anilines is 1. The van der Waals surface area contributed by atoms with Crippen molar-refractivity contribution in [2.24, 2.45) is 0 Å². The van der Waals surface area contributed by atoms with Crippen LogP contribution >= 0.6 is 0 Å². The van der Waals surface area contributed by atoms with Crippen molar-refractivity contribution in [1.29, 1.82) is 5.26 Å². The number of ether oxygens (including phenoxy) is 2. The van der Waals surface area contributed by atoms with Crippen LogP contribution in [0, 0.1) is 11.3 Å². The molecule has 2 aromatic rings. The lowest BCUT2D eigenvalue weighted by Crippen LogP contribution is -2.25. The van der Waals surface area contributed by atoms with Gasteiger partial charge in [0, 0.05) is 5.56 Å². The Hall–Kier alpha value is -3.59. The number of amides is 1. The molecule has 6 heteroatoms. The number of ketones is 1. The molecule has 1 N–H and O–H groups in total. The predicted octanol–water partition coefficient (Wildman–Crippen LogP) is 2.82. The normalized spacial score (nSPS) is 12.7. The van der Waals surface area contributed by atoms with Gasteiger partial charge < -0.3 is 14.8 Å². The van der Waals surface area contributed by atoms with E-state index in [1.807, 2.05) is 6.07 Å². The summed E-state index contributed by atoms with van der Waals surface area (Å²) >= 11 is 0. The van der Waals surface area contributed by atoms with Crippen LogP contribution < -0.4 is 14.8 Å². The Balaban J connectivity index is 1.69. The van der Waals surface area contributed by atoms with Gasteiger partial charge in [0.1, 0.15) is 17.6 Å². The van der Waals surface area contributed by atoms with E-state index in [9.17, 15) is 9.59 Å². The Morgan fingerprint density at radius 3 is 2.84 bits per heavy atom. The van der Waals surface area contributed by atoms with Gasteiger partial charge in [-0.25, -0.2) is 0 Å². The molecule has 0 unspecified atom stereocenters. The fourth-order valence-corrected chi connectivity index (χ4v) is 2.30. The zero-order valence-corrected chi connectivity index (χ0v) is 13.2. The summed E-state index contributed by atoms with van der Waals surface area (Å²) in [5.41, 5.74) is 1.77. The number of carbonyl (C=O) groups excluding carboxylic acids is 2. The van der Waals surface area contributed by atoms with E-state index in [0.29, 0.717) is 22.7 Å². The molecule has 0 aliphatic carbocycles. The van der Waals surface area contributed by atoms with Gasteiger partial charge in [0.25, 0.3) is 5.91 Å². The van der Waals surface area contributed by atoms with Crippen molar-refractivity contribution in [3.05, 3.63) is 59.7 Å². The predicted molar refractivity (Wildman–Crippen MR) is 91.5 cm³/mol. The van der Waals surface area contributed by atoms with E-state index in [2.05, 4.69) is 5.32 Å². The van der Waals surface area contributed by atoms with Crippen LogP contribution in [0.25, 0.3) is 6.08 Å². The van der Waals surface area contributed by atoms with Crippen molar-refractivity contribution in [1.82, 2.24) is 0 Å². The first-order chi connectivity index (χ1) is 12.2.